The number of nitriles is 1. The summed E-state index contributed by atoms with van der Waals surface area (Å²) in [5.41, 5.74) is -0.528. The van der Waals surface area contributed by atoms with E-state index in [1.54, 1.807) is 0 Å². The maximum Gasteiger partial charge on any atom is 0.0768 e. The van der Waals surface area contributed by atoms with E-state index in [9.17, 15) is 5.11 Å². The Bertz CT molecular complexity index is 222. The zero-order valence-electron chi connectivity index (χ0n) is 9.87. The fraction of sp³-hybridized carbons (Fsp3) is 0.917. The molecule has 0 bridgehead atoms. The first-order valence-electron chi connectivity index (χ1n) is 5.98. The van der Waals surface area contributed by atoms with Crippen LogP contribution in [0.5, 0.6) is 0 Å². The first-order chi connectivity index (χ1) is 7.13. The van der Waals surface area contributed by atoms with Crippen LogP contribution in [-0.4, -0.2) is 35.2 Å². The Kier molecular flexibility index (Phi) is 4.56. The molecule has 0 aromatic heterocycles. The van der Waals surface area contributed by atoms with Crippen LogP contribution in [-0.2, 0) is 0 Å². The van der Waals surface area contributed by atoms with Crippen molar-refractivity contribution in [1.82, 2.24) is 4.90 Å². The molecule has 3 nitrogen and oxygen atoms in total. The minimum atomic E-state index is -0.528. The smallest absolute Gasteiger partial charge is 0.0768 e. The minimum Gasteiger partial charge on any atom is -0.389 e. The van der Waals surface area contributed by atoms with E-state index in [-0.39, 0.29) is 5.92 Å². The van der Waals surface area contributed by atoms with Gasteiger partial charge in [-0.05, 0) is 38.8 Å². The Labute approximate surface area is 92.7 Å². The van der Waals surface area contributed by atoms with Crippen molar-refractivity contribution in [3.63, 3.8) is 0 Å². The van der Waals surface area contributed by atoms with Gasteiger partial charge in [-0.3, -0.25) is 0 Å². The molecule has 1 aliphatic rings. The molecule has 0 radical (unpaired) electrons. The lowest BCUT2D eigenvalue weighted by Crippen LogP contribution is -2.45. The number of rotatable bonds is 4. The molecule has 1 fully saturated rings. The summed E-state index contributed by atoms with van der Waals surface area (Å²) in [6.45, 7) is 6.75. The van der Waals surface area contributed by atoms with Crippen LogP contribution in [0.1, 0.15) is 39.5 Å². The number of nitrogens with zero attached hydrogens (tertiary/aromatic N) is 2. The Morgan fingerprint density at radius 1 is 1.33 bits per heavy atom. The van der Waals surface area contributed by atoms with Gasteiger partial charge in [0.05, 0.1) is 11.7 Å². The number of β-amino-alcohol motifs (C(OH)–C–C–N with tert-alkyl or cyclic N) is 1. The molecule has 0 aliphatic carbocycles. The van der Waals surface area contributed by atoms with Gasteiger partial charge in [0.1, 0.15) is 0 Å². The molecule has 0 unspecified atom stereocenters. The zero-order chi connectivity index (χ0) is 11.3. The fourth-order valence-electron chi connectivity index (χ4n) is 2.11. The van der Waals surface area contributed by atoms with Crippen LogP contribution in [0, 0.1) is 17.2 Å². The Morgan fingerprint density at radius 3 is 2.27 bits per heavy atom. The maximum atomic E-state index is 10.2. The van der Waals surface area contributed by atoms with Crippen LogP contribution < -0.4 is 0 Å². The van der Waals surface area contributed by atoms with Crippen LogP contribution in [0.2, 0.25) is 0 Å². The third-order valence-electron chi connectivity index (χ3n) is 3.60. The molecule has 0 spiro atoms. The fourth-order valence-corrected chi connectivity index (χ4v) is 2.11. The number of piperidine rings is 1. The van der Waals surface area contributed by atoms with Crippen molar-refractivity contribution in [3.05, 3.63) is 0 Å². The lowest BCUT2D eigenvalue weighted by molar-refractivity contribution is -0.00973. The van der Waals surface area contributed by atoms with Crippen molar-refractivity contribution >= 4 is 0 Å². The molecule has 0 atom stereocenters. The predicted octanol–water partition coefficient (Wildman–Crippen LogP) is 1.77. The SMILES string of the molecule is CCC(O)(CC)CN1CCC(C#N)CC1. The highest BCUT2D eigenvalue weighted by Crippen LogP contribution is 2.21. The predicted molar refractivity (Wildman–Crippen MR) is 60.3 cm³/mol. The van der Waals surface area contributed by atoms with Crippen molar-refractivity contribution in [1.29, 1.82) is 5.26 Å². The van der Waals surface area contributed by atoms with Gasteiger partial charge >= 0.3 is 0 Å². The molecule has 0 amide bonds. The molecule has 1 rings (SSSR count). The number of hydrogen-bond acceptors (Lipinski definition) is 3. The molecular weight excluding hydrogens is 188 g/mol. The molecule has 0 aromatic rings. The summed E-state index contributed by atoms with van der Waals surface area (Å²) in [7, 11) is 0. The van der Waals surface area contributed by atoms with Gasteiger partial charge in [-0.25, -0.2) is 0 Å². The van der Waals surface area contributed by atoms with Crippen molar-refractivity contribution in [2.75, 3.05) is 19.6 Å². The molecule has 0 aromatic carbocycles. The van der Waals surface area contributed by atoms with Gasteiger partial charge in [0.15, 0.2) is 0 Å². The van der Waals surface area contributed by atoms with Gasteiger partial charge in [0.2, 0.25) is 0 Å². The first-order valence-corrected chi connectivity index (χ1v) is 5.98. The molecule has 0 saturated carbocycles. The van der Waals surface area contributed by atoms with Gasteiger partial charge in [0.25, 0.3) is 0 Å². The van der Waals surface area contributed by atoms with Crippen molar-refractivity contribution in [3.8, 4) is 6.07 Å². The molecule has 3 heteroatoms. The number of aliphatic hydroxyl groups is 1. The summed E-state index contributed by atoms with van der Waals surface area (Å²) in [4.78, 5) is 2.29. The second kappa shape index (κ2) is 5.48. The average molecular weight is 210 g/mol. The highest BCUT2D eigenvalue weighted by molar-refractivity contribution is 4.89. The second-order valence-corrected chi connectivity index (χ2v) is 4.61. The van der Waals surface area contributed by atoms with E-state index in [1.165, 1.54) is 0 Å². The van der Waals surface area contributed by atoms with E-state index in [0.717, 1.165) is 45.3 Å². The lowest BCUT2D eigenvalue weighted by Gasteiger charge is -2.36. The van der Waals surface area contributed by atoms with E-state index in [2.05, 4.69) is 11.0 Å². The largest absolute Gasteiger partial charge is 0.389 e. The summed E-state index contributed by atoms with van der Waals surface area (Å²) in [5, 5.41) is 19.0. The van der Waals surface area contributed by atoms with Crippen molar-refractivity contribution in [2.24, 2.45) is 5.92 Å². The van der Waals surface area contributed by atoms with Gasteiger partial charge < -0.3 is 10.0 Å². The van der Waals surface area contributed by atoms with E-state index < -0.39 is 5.60 Å². The Morgan fingerprint density at radius 2 is 1.87 bits per heavy atom. The molecule has 1 N–H and O–H groups in total. The normalized spacial score (nSPS) is 20.1. The standard InChI is InChI=1S/C12H22N2O/c1-3-12(15,4-2)10-14-7-5-11(9-13)6-8-14/h11,15H,3-8,10H2,1-2H3. The molecule has 15 heavy (non-hydrogen) atoms. The summed E-state index contributed by atoms with van der Waals surface area (Å²) in [6.07, 6.45) is 3.53. The third-order valence-corrected chi connectivity index (χ3v) is 3.60. The molecule has 1 aliphatic heterocycles. The highest BCUT2D eigenvalue weighted by atomic mass is 16.3. The van der Waals surface area contributed by atoms with Crippen LogP contribution in [0.3, 0.4) is 0 Å². The van der Waals surface area contributed by atoms with Gasteiger partial charge in [0, 0.05) is 12.5 Å². The van der Waals surface area contributed by atoms with Crippen LogP contribution >= 0.6 is 0 Å². The third kappa shape index (κ3) is 3.48. The zero-order valence-corrected chi connectivity index (χ0v) is 9.87. The topological polar surface area (TPSA) is 47.3 Å². The molecule has 1 saturated heterocycles. The summed E-state index contributed by atoms with van der Waals surface area (Å²) < 4.78 is 0. The molecular formula is C12H22N2O. The highest BCUT2D eigenvalue weighted by Gasteiger charge is 2.28. The maximum absolute atomic E-state index is 10.2. The van der Waals surface area contributed by atoms with E-state index in [1.807, 2.05) is 13.8 Å². The first kappa shape index (κ1) is 12.5. The van der Waals surface area contributed by atoms with Crippen LogP contribution in [0.15, 0.2) is 0 Å². The van der Waals surface area contributed by atoms with Crippen LogP contribution in [0.25, 0.3) is 0 Å². The average Bonchev–Trinajstić information content (AvgIpc) is 2.30. The van der Waals surface area contributed by atoms with Gasteiger partial charge in [-0.2, -0.15) is 5.26 Å². The monoisotopic (exact) mass is 210 g/mol. The second-order valence-electron chi connectivity index (χ2n) is 4.61. The van der Waals surface area contributed by atoms with E-state index >= 15 is 0 Å². The Hall–Kier alpha value is -0.590. The van der Waals surface area contributed by atoms with Crippen molar-refractivity contribution in [2.45, 2.75) is 45.1 Å². The van der Waals surface area contributed by atoms with E-state index in [0.29, 0.717) is 0 Å². The number of hydrogen-bond donors (Lipinski definition) is 1. The summed E-state index contributed by atoms with van der Waals surface area (Å²) in [6, 6.07) is 2.33. The summed E-state index contributed by atoms with van der Waals surface area (Å²) in [5.74, 6) is 0.234. The summed E-state index contributed by atoms with van der Waals surface area (Å²) >= 11 is 0. The van der Waals surface area contributed by atoms with Gasteiger partial charge in [-0.1, -0.05) is 13.8 Å². The van der Waals surface area contributed by atoms with E-state index in [4.69, 9.17) is 5.26 Å². The molecule has 86 valence electrons. The lowest BCUT2D eigenvalue weighted by atomic mass is 9.93. The van der Waals surface area contributed by atoms with Crippen molar-refractivity contribution < 1.29 is 5.11 Å². The quantitative estimate of drug-likeness (QED) is 0.769. The molecule has 1 heterocycles. The number of likely N-dealkylation sites (tertiary alicyclic amines) is 1. The van der Waals surface area contributed by atoms with Gasteiger partial charge in [-0.15, -0.1) is 0 Å². The van der Waals surface area contributed by atoms with Crippen LogP contribution in [0.4, 0.5) is 0 Å². The minimum absolute atomic E-state index is 0.234. The Balaban J connectivity index is 2.38.